The summed E-state index contributed by atoms with van der Waals surface area (Å²) in [7, 11) is 1.76. The topological polar surface area (TPSA) is 61.2 Å². The summed E-state index contributed by atoms with van der Waals surface area (Å²) < 4.78 is -1.26. The third kappa shape index (κ3) is 1.88. The van der Waals surface area contributed by atoms with E-state index >= 15 is 0 Å². The van der Waals surface area contributed by atoms with Crippen LogP contribution in [0, 0.1) is 27.4 Å². The zero-order valence-corrected chi connectivity index (χ0v) is 17.8. The average Bonchev–Trinajstić information content (AvgIpc) is 2.90. The molecule has 6 heteroatoms. The number of hydrogen-bond donors (Lipinski definition) is 0. The number of nitrogens with zero attached hydrogens (tertiary/aromatic N) is 2. The molecule has 0 saturated heterocycles. The largest absolute Gasteiger partial charge is 0.315 e. The Kier molecular flexibility index (Phi) is 3.96. The first-order chi connectivity index (χ1) is 13.1. The molecule has 0 unspecified atom stereocenters. The minimum absolute atomic E-state index is 0.0327. The normalized spacial score (nSPS) is 35.0. The molecule has 3 aliphatic rings. The number of ketones is 1. The van der Waals surface area contributed by atoms with Crippen molar-refractivity contribution in [2.24, 2.45) is 16.7 Å². The summed E-state index contributed by atoms with van der Waals surface area (Å²) in [6.07, 6.45) is 3.44. The zero-order valence-electron chi connectivity index (χ0n) is 16.2. The predicted octanol–water partition coefficient (Wildman–Crippen LogP) is 4.71. The quantitative estimate of drug-likeness (QED) is 0.521. The Morgan fingerprint density at radius 1 is 1.32 bits per heavy atom. The average molecular weight is 413 g/mol. The van der Waals surface area contributed by atoms with Crippen LogP contribution < -0.4 is 4.90 Å². The van der Waals surface area contributed by atoms with E-state index in [4.69, 9.17) is 11.6 Å². The second-order valence-corrected chi connectivity index (χ2v) is 9.93. The van der Waals surface area contributed by atoms with Gasteiger partial charge in [0, 0.05) is 29.1 Å². The Hall–Kier alpha value is -2.03. The van der Waals surface area contributed by atoms with Gasteiger partial charge < -0.3 is 4.90 Å². The number of nitriles is 1. The first kappa shape index (κ1) is 19.3. The summed E-state index contributed by atoms with van der Waals surface area (Å²) in [5.74, 6) is -1.19. The molecule has 2 aliphatic carbocycles. The van der Waals surface area contributed by atoms with Gasteiger partial charge in [-0.3, -0.25) is 9.59 Å². The summed E-state index contributed by atoms with van der Waals surface area (Å²) in [4.78, 5) is 29.0. The number of thiocyanates is 1. The predicted molar refractivity (Wildman–Crippen MR) is 112 cm³/mol. The molecule has 4 atom stereocenters. The van der Waals surface area contributed by atoms with Gasteiger partial charge in [0.15, 0.2) is 5.78 Å². The fourth-order valence-corrected chi connectivity index (χ4v) is 6.74. The maximum absolute atomic E-state index is 14.1. The third-order valence-electron chi connectivity index (χ3n) is 7.01. The van der Waals surface area contributed by atoms with Crippen molar-refractivity contribution < 1.29 is 9.59 Å². The molecule has 2 bridgehead atoms. The van der Waals surface area contributed by atoms with E-state index in [9.17, 15) is 14.9 Å². The fraction of sp³-hybridized carbons (Fsp3) is 0.409. The van der Waals surface area contributed by atoms with Crippen LogP contribution in [-0.2, 0) is 14.3 Å². The highest BCUT2D eigenvalue weighted by molar-refractivity contribution is 8.05. The number of carbonyl (C=O) groups is 2. The number of hydrogen-bond acceptors (Lipinski definition) is 4. The van der Waals surface area contributed by atoms with Gasteiger partial charge in [0.1, 0.15) is 10.1 Å². The van der Waals surface area contributed by atoms with Crippen molar-refractivity contribution >= 4 is 40.7 Å². The Balaban J connectivity index is 2.25. The monoisotopic (exact) mass is 412 g/mol. The molecule has 0 radical (unpaired) electrons. The Labute approximate surface area is 174 Å². The van der Waals surface area contributed by atoms with E-state index < -0.39 is 27.4 Å². The van der Waals surface area contributed by atoms with Gasteiger partial charge in [-0.1, -0.05) is 49.7 Å². The van der Waals surface area contributed by atoms with Crippen molar-refractivity contribution in [1.82, 2.24) is 0 Å². The first-order valence-corrected chi connectivity index (χ1v) is 10.3. The number of benzene rings is 1. The SMILES string of the molecule is C=C[C@]1(C)C(Cl)=C[C@@H]2C(=O)[C@@]1(SC#N)c1cccc3c1[C@H](C(=O)N3C)C2(C)C. The van der Waals surface area contributed by atoms with Crippen LogP contribution in [0.2, 0.25) is 0 Å². The molecule has 4 rings (SSSR count). The molecule has 1 heterocycles. The number of fused-ring (bicyclic) bond motifs is 3. The van der Waals surface area contributed by atoms with E-state index in [-0.39, 0.29) is 11.7 Å². The summed E-state index contributed by atoms with van der Waals surface area (Å²) in [5, 5.41) is 12.4. The van der Waals surface area contributed by atoms with E-state index in [1.807, 2.05) is 39.0 Å². The summed E-state index contributed by atoms with van der Waals surface area (Å²) in [5.41, 5.74) is 0.679. The van der Waals surface area contributed by atoms with Gasteiger partial charge in [0.2, 0.25) is 5.91 Å². The van der Waals surface area contributed by atoms with Crippen molar-refractivity contribution in [2.75, 3.05) is 11.9 Å². The van der Waals surface area contributed by atoms with Crippen LogP contribution in [0.1, 0.15) is 37.8 Å². The molecular formula is C22H21ClN2O2S. The number of Topliss-reactive ketones (excluding diaryl/α,β-unsaturated/α-hetero) is 1. The maximum Gasteiger partial charge on any atom is 0.234 e. The molecule has 4 nitrogen and oxygen atoms in total. The van der Waals surface area contributed by atoms with Crippen LogP contribution in [0.15, 0.2) is 42.0 Å². The minimum Gasteiger partial charge on any atom is -0.315 e. The molecule has 0 fully saturated rings. The lowest BCUT2D eigenvalue weighted by molar-refractivity contribution is -0.131. The third-order valence-corrected chi connectivity index (χ3v) is 8.77. The molecular weight excluding hydrogens is 392 g/mol. The smallest absolute Gasteiger partial charge is 0.234 e. The Bertz CT molecular complexity index is 1020. The number of amides is 1. The minimum atomic E-state index is -1.26. The van der Waals surface area contributed by atoms with Crippen LogP contribution in [-0.4, -0.2) is 18.7 Å². The summed E-state index contributed by atoms with van der Waals surface area (Å²) >= 11 is 7.70. The van der Waals surface area contributed by atoms with E-state index in [0.29, 0.717) is 10.6 Å². The fourth-order valence-electron chi connectivity index (χ4n) is 5.29. The number of anilines is 1. The van der Waals surface area contributed by atoms with E-state index in [1.165, 1.54) is 0 Å². The molecule has 0 saturated carbocycles. The van der Waals surface area contributed by atoms with Crippen LogP contribution in [0.5, 0.6) is 0 Å². The highest BCUT2D eigenvalue weighted by Crippen LogP contribution is 2.68. The number of carbonyl (C=O) groups excluding carboxylic acids is 2. The van der Waals surface area contributed by atoms with Crippen LogP contribution in [0.3, 0.4) is 0 Å². The number of thioether (sulfide) groups is 1. The molecule has 0 N–H and O–H groups in total. The molecule has 1 aromatic rings. The van der Waals surface area contributed by atoms with Crippen LogP contribution in [0.25, 0.3) is 0 Å². The lowest BCUT2D eigenvalue weighted by atomic mass is 9.60. The van der Waals surface area contributed by atoms with Crippen molar-refractivity contribution in [2.45, 2.75) is 31.4 Å². The van der Waals surface area contributed by atoms with Crippen molar-refractivity contribution in [3.63, 3.8) is 0 Å². The number of likely N-dealkylation sites (N-methyl/N-ethyl adjacent to an activating group) is 1. The molecule has 0 spiro atoms. The molecule has 0 aromatic heterocycles. The lowest BCUT2D eigenvalue weighted by Gasteiger charge is -2.49. The number of halogens is 1. The van der Waals surface area contributed by atoms with Gasteiger partial charge in [0.05, 0.1) is 5.92 Å². The van der Waals surface area contributed by atoms with Crippen LogP contribution in [0.4, 0.5) is 5.69 Å². The standard InChI is InChI=1S/C22H21ClN2O2S/c1-6-21(4)15(23)10-13-18(26)22(21,28-11-24)12-8-7-9-14-16(12)17(20(13,2)3)19(27)25(14)5/h6-10,13,17H,1H2,2-5H3/t13-,17-,21-,22+/m1/s1. The number of allylic oxidation sites excluding steroid dienone is 3. The highest BCUT2D eigenvalue weighted by atomic mass is 35.5. The summed E-state index contributed by atoms with van der Waals surface area (Å²) in [6, 6.07) is 5.62. The number of rotatable bonds is 2. The van der Waals surface area contributed by atoms with Gasteiger partial charge in [0.25, 0.3) is 0 Å². The zero-order chi connectivity index (χ0) is 20.6. The van der Waals surface area contributed by atoms with Gasteiger partial charge >= 0.3 is 0 Å². The van der Waals surface area contributed by atoms with Gasteiger partial charge in [-0.05, 0) is 41.3 Å². The molecule has 1 aromatic carbocycles. The Morgan fingerprint density at radius 3 is 2.61 bits per heavy atom. The molecule has 1 amide bonds. The molecule has 144 valence electrons. The van der Waals surface area contributed by atoms with Gasteiger partial charge in [-0.2, -0.15) is 5.26 Å². The molecule has 1 aliphatic heterocycles. The van der Waals surface area contributed by atoms with E-state index in [2.05, 4.69) is 12.0 Å². The molecule has 28 heavy (non-hydrogen) atoms. The highest BCUT2D eigenvalue weighted by Gasteiger charge is 2.67. The van der Waals surface area contributed by atoms with Gasteiger partial charge in [-0.25, -0.2) is 0 Å². The van der Waals surface area contributed by atoms with Crippen molar-refractivity contribution in [3.8, 4) is 5.40 Å². The van der Waals surface area contributed by atoms with Crippen LogP contribution >= 0.6 is 23.4 Å². The Morgan fingerprint density at radius 2 is 2.00 bits per heavy atom. The van der Waals surface area contributed by atoms with Crippen molar-refractivity contribution in [3.05, 3.63) is 53.1 Å². The van der Waals surface area contributed by atoms with Gasteiger partial charge in [-0.15, -0.1) is 6.58 Å². The first-order valence-electron chi connectivity index (χ1n) is 9.13. The maximum atomic E-state index is 14.1. The second-order valence-electron chi connectivity index (χ2n) is 8.53. The van der Waals surface area contributed by atoms with E-state index in [0.717, 1.165) is 23.0 Å². The lowest BCUT2D eigenvalue weighted by Crippen LogP contribution is -2.54. The van der Waals surface area contributed by atoms with Crippen molar-refractivity contribution in [1.29, 1.82) is 5.26 Å². The summed E-state index contributed by atoms with van der Waals surface area (Å²) in [6.45, 7) is 9.71. The second kappa shape index (κ2) is 5.75. The van der Waals surface area contributed by atoms with E-state index in [1.54, 1.807) is 24.1 Å².